The predicted molar refractivity (Wildman–Crippen MR) is 151 cm³/mol. The molecule has 1 aromatic heterocycles. The number of allylic oxidation sites excluding steroid dienone is 2. The molecule has 0 fully saturated rings. The summed E-state index contributed by atoms with van der Waals surface area (Å²) < 4.78 is 16.7. The molecule has 7 nitrogen and oxygen atoms in total. The van der Waals surface area contributed by atoms with Gasteiger partial charge in [0.2, 0.25) is 0 Å². The van der Waals surface area contributed by atoms with Crippen molar-refractivity contribution in [2.75, 3.05) is 19.5 Å². The van der Waals surface area contributed by atoms with E-state index >= 15 is 0 Å². The lowest BCUT2D eigenvalue weighted by atomic mass is 10.0. The molecule has 1 heterocycles. The van der Waals surface area contributed by atoms with Gasteiger partial charge in [-0.05, 0) is 43.0 Å². The third-order valence-electron chi connectivity index (χ3n) is 5.66. The Balaban J connectivity index is 1.95. The SMILES string of the molecule is C=C(Cc1ccc(C)cc1Nc1ncnc2cc(OC)c(OC(=C)C)cc12)NC(C(=P)OC)C(C)C. The van der Waals surface area contributed by atoms with Crippen LogP contribution in [0.25, 0.3) is 10.9 Å². The van der Waals surface area contributed by atoms with Crippen molar-refractivity contribution in [3.05, 3.63) is 72.4 Å². The summed E-state index contributed by atoms with van der Waals surface area (Å²) >= 11 is 0. The summed E-state index contributed by atoms with van der Waals surface area (Å²) in [6.45, 7) is 16.2. The van der Waals surface area contributed by atoms with Gasteiger partial charge in [-0.25, -0.2) is 9.97 Å². The van der Waals surface area contributed by atoms with Crippen LogP contribution in [0.4, 0.5) is 11.5 Å². The maximum atomic E-state index is 5.79. The first kappa shape index (κ1) is 27.2. The predicted octanol–water partition coefficient (Wildman–Crippen LogP) is 6.19. The van der Waals surface area contributed by atoms with Gasteiger partial charge in [0.25, 0.3) is 0 Å². The number of ether oxygens (including phenoxy) is 3. The topological polar surface area (TPSA) is 77.5 Å². The lowest BCUT2D eigenvalue weighted by Gasteiger charge is -2.25. The number of anilines is 2. The van der Waals surface area contributed by atoms with Crippen LogP contribution in [-0.2, 0) is 11.2 Å². The Bertz CT molecular complexity index is 1290. The van der Waals surface area contributed by atoms with Gasteiger partial charge in [-0.15, -0.1) is 0 Å². The Morgan fingerprint density at radius 1 is 1.08 bits per heavy atom. The lowest BCUT2D eigenvalue weighted by molar-refractivity contribution is 0.362. The van der Waals surface area contributed by atoms with Gasteiger partial charge in [-0.1, -0.05) is 48.0 Å². The number of rotatable bonds is 12. The summed E-state index contributed by atoms with van der Waals surface area (Å²) in [6.07, 6.45) is 2.15. The Labute approximate surface area is 215 Å². The van der Waals surface area contributed by atoms with Crippen LogP contribution >= 0.6 is 8.86 Å². The van der Waals surface area contributed by atoms with Gasteiger partial charge < -0.3 is 24.8 Å². The minimum Gasteiger partial charge on any atom is -0.493 e. The molecule has 0 saturated carbocycles. The van der Waals surface area contributed by atoms with Gasteiger partial charge in [0.15, 0.2) is 11.5 Å². The molecule has 0 amide bonds. The molecule has 3 aromatic rings. The quantitative estimate of drug-likeness (QED) is 0.224. The zero-order chi connectivity index (χ0) is 26.4. The van der Waals surface area contributed by atoms with Gasteiger partial charge in [-0.3, -0.25) is 0 Å². The van der Waals surface area contributed by atoms with E-state index in [9.17, 15) is 0 Å². The Hall–Kier alpha value is -3.41. The molecule has 0 radical (unpaired) electrons. The molecular formula is C28H35N4O3P. The average Bonchev–Trinajstić information content (AvgIpc) is 2.83. The number of hydrogen-bond donors (Lipinski definition) is 2. The first-order valence-electron chi connectivity index (χ1n) is 11.7. The zero-order valence-electron chi connectivity index (χ0n) is 21.9. The van der Waals surface area contributed by atoms with E-state index in [4.69, 9.17) is 14.2 Å². The largest absolute Gasteiger partial charge is 0.493 e. The van der Waals surface area contributed by atoms with Crippen LogP contribution in [0.1, 0.15) is 31.9 Å². The van der Waals surface area contributed by atoms with Gasteiger partial charge in [0.05, 0.1) is 29.9 Å². The summed E-state index contributed by atoms with van der Waals surface area (Å²) in [5.74, 6) is 2.66. The van der Waals surface area contributed by atoms with E-state index in [-0.39, 0.29) is 6.04 Å². The van der Waals surface area contributed by atoms with Crippen molar-refractivity contribution in [3.63, 3.8) is 0 Å². The molecule has 8 heteroatoms. The summed E-state index contributed by atoms with van der Waals surface area (Å²) in [4.78, 5) is 8.95. The number of hydrogen-bond acceptors (Lipinski definition) is 7. The van der Waals surface area contributed by atoms with Crippen LogP contribution < -0.4 is 20.1 Å². The molecule has 190 valence electrons. The second-order valence-corrected chi connectivity index (χ2v) is 9.54. The van der Waals surface area contributed by atoms with Crippen molar-refractivity contribution in [2.45, 2.75) is 40.2 Å². The molecular weight excluding hydrogens is 471 g/mol. The smallest absolute Gasteiger partial charge is 0.169 e. The normalized spacial score (nSPS) is 11.8. The monoisotopic (exact) mass is 506 g/mol. The van der Waals surface area contributed by atoms with E-state index in [0.29, 0.717) is 35.4 Å². The molecule has 0 spiro atoms. The maximum Gasteiger partial charge on any atom is 0.169 e. The van der Waals surface area contributed by atoms with Crippen molar-refractivity contribution in [1.82, 2.24) is 15.3 Å². The highest BCUT2D eigenvalue weighted by Crippen LogP contribution is 2.36. The highest BCUT2D eigenvalue weighted by Gasteiger charge is 2.19. The van der Waals surface area contributed by atoms with Crippen LogP contribution in [0, 0.1) is 12.8 Å². The number of benzene rings is 2. The first-order chi connectivity index (χ1) is 17.1. The van der Waals surface area contributed by atoms with E-state index in [2.05, 4.69) is 81.6 Å². The van der Waals surface area contributed by atoms with Crippen LogP contribution in [-0.4, -0.2) is 35.7 Å². The summed E-state index contributed by atoms with van der Waals surface area (Å²) in [7, 11) is 6.82. The second kappa shape index (κ2) is 12.0. The molecule has 2 aromatic carbocycles. The minimum absolute atomic E-state index is 0.00597. The third kappa shape index (κ3) is 6.62. The van der Waals surface area contributed by atoms with Gasteiger partial charge in [-0.2, -0.15) is 0 Å². The Kier molecular flexibility index (Phi) is 9.08. The Morgan fingerprint density at radius 3 is 2.47 bits per heavy atom. The van der Waals surface area contributed by atoms with Crippen molar-refractivity contribution in [3.8, 4) is 11.5 Å². The maximum absolute atomic E-state index is 5.79. The highest BCUT2D eigenvalue weighted by molar-refractivity contribution is 7.20. The number of fused-ring (bicyclic) bond motifs is 1. The van der Waals surface area contributed by atoms with E-state index in [1.807, 2.05) is 12.1 Å². The number of nitrogens with one attached hydrogen (secondary N) is 2. The summed E-state index contributed by atoms with van der Waals surface area (Å²) in [5.41, 5.74) is 5.49. The lowest BCUT2D eigenvalue weighted by Crippen LogP contribution is -2.40. The molecule has 0 aliphatic carbocycles. The van der Waals surface area contributed by atoms with Crippen molar-refractivity contribution in [1.29, 1.82) is 0 Å². The van der Waals surface area contributed by atoms with E-state index in [1.54, 1.807) is 21.1 Å². The first-order valence-corrected chi connectivity index (χ1v) is 12.2. The third-order valence-corrected chi connectivity index (χ3v) is 6.17. The van der Waals surface area contributed by atoms with Crippen LogP contribution in [0.5, 0.6) is 11.5 Å². The number of aromatic nitrogens is 2. The Morgan fingerprint density at radius 2 is 1.83 bits per heavy atom. The van der Waals surface area contributed by atoms with E-state index < -0.39 is 0 Å². The standard InChI is InChI=1S/C28H35N4O3P/c1-16(2)26(28(36)34-8)31-19(6)12-20-10-9-18(5)11-22(20)32-27-21-13-25(35-17(3)4)24(33-7)14-23(21)29-15-30-27/h9-11,13-16,26,31,36H,3,6,12H2,1-2,4-5,7-8H3,(H,29,30,32). The van der Waals surface area contributed by atoms with Crippen LogP contribution in [0.15, 0.2) is 61.3 Å². The minimum atomic E-state index is -0.00597. The molecule has 1 unspecified atom stereocenters. The molecule has 0 aliphatic heterocycles. The fourth-order valence-electron chi connectivity index (χ4n) is 3.84. The van der Waals surface area contributed by atoms with Gasteiger partial charge in [0, 0.05) is 36.4 Å². The molecule has 36 heavy (non-hydrogen) atoms. The summed E-state index contributed by atoms with van der Waals surface area (Å²) in [6, 6.07) is 9.99. The second-order valence-electron chi connectivity index (χ2n) is 9.05. The number of nitrogens with zero attached hydrogens (tertiary/aromatic N) is 2. The van der Waals surface area contributed by atoms with E-state index in [1.165, 1.54) is 6.33 Å². The number of methoxy groups -OCH3 is 2. The molecule has 1 atom stereocenters. The summed E-state index contributed by atoms with van der Waals surface area (Å²) in [5, 5.41) is 7.81. The number of aryl methyl sites for hydroxylation is 1. The molecule has 3 rings (SSSR count). The molecule has 0 bridgehead atoms. The molecule has 0 saturated heterocycles. The van der Waals surface area contributed by atoms with Crippen molar-refractivity contribution < 1.29 is 14.2 Å². The molecule has 0 aliphatic rings. The van der Waals surface area contributed by atoms with Gasteiger partial charge >= 0.3 is 0 Å². The highest BCUT2D eigenvalue weighted by atomic mass is 31.0. The zero-order valence-corrected chi connectivity index (χ0v) is 22.9. The van der Waals surface area contributed by atoms with Crippen molar-refractivity contribution in [2.24, 2.45) is 5.92 Å². The van der Waals surface area contributed by atoms with Crippen molar-refractivity contribution >= 4 is 36.8 Å². The fourth-order valence-corrected chi connectivity index (χ4v) is 4.25. The molecule has 2 N–H and O–H groups in total. The van der Waals surface area contributed by atoms with Gasteiger partial charge in [0.1, 0.15) is 12.1 Å². The van der Waals surface area contributed by atoms with E-state index in [0.717, 1.165) is 38.9 Å². The van der Waals surface area contributed by atoms with Crippen LogP contribution in [0.2, 0.25) is 0 Å². The fraction of sp³-hybridized carbons (Fsp3) is 0.321. The van der Waals surface area contributed by atoms with Crippen LogP contribution in [0.3, 0.4) is 0 Å². The average molecular weight is 507 g/mol.